The zero-order valence-corrected chi connectivity index (χ0v) is 19.4. The first-order valence-electron chi connectivity index (χ1n) is 12.2. The maximum atomic E-state index is 12.6. The molecule has 3 aliphatic rings. The van der Waals surface area contributed by atoms with Gasteiger partial charge in [-0.2, -0.15) is 0 Å². The van der Waals surface area contributed by atoms with E-state index in [-0.39, 0.29) is 6.03 Å². The van der Waals surface area contributed by atoms with Gasteiger partial charge in [-0.15, -0.1) is 5.73 Å². The molecule has 0 aromatic carbocycles. The van der Waals surface area contributed by atoms with Gasteiger partial charge in [0.1, 0.15) is 0 Å². The zero-order valence-electron chi connectivity index (χ0n) is 19.4. The standard InChI is InChI=1S/C26H35N5O2/c32-26(29-24-9-5-2-6-13-27-20-24)31-16-14-30(15-17-31)21-23-10-11-25(28-19-23)33-18-12-22-7-3-1-4-8-22/h5-6,10-11,13,19-20,22H,1,3-4,7-9,12,14-18,21H2,(H,29,32)/b24-20+,27-13-. The molecule has 7 heteroatoms. The third kappa shape index (κ3) is 7.58. The summed E-state index contributed by atoms with van der Waals surface area (Å²) < 4.78 is 5.87. The number of hydrogen-bond acceptors (Lipinski definition) is 5. The number of amides is 2. The second-order valence-corrected chi connectivity index (χ2v) is 9.03. The maximum Gasteiger partial charge on any atom is 0.321 e. The van der Waals surface area contributed by atoms with Crippen LogP contribution >= 0.6 is 0 Å². The molecular weight excluding hydrogens is 414 g/mol. The molecule has 1 saturated heterocycles. The Kier molecular flexibility index (Phi) is 8.73. The molecule has 0 spiro atoms. The van der Waals surface area contributed by atoms with Gasteiger partial charge in [0.15, 0.2) is 0 Å². The van der Waals surface area contributed by atoms with Crippen molar-refractivity contribution < 1.29 is 9.53 Å². The van der Waals surface area contributed by atoms with Crippen LogP contribution in [0.4, 0.5) is 4.79 Å². The number of nitrogens with one attached hydrogen (secondary N) is 1. The summed E-state index contributed by atoms with van der Waals surface area (Å²) in [5.74, 6) is 1.55. The van der Waals surface area contributed by atoms with Crippen LogP contribution < -0.4 is 10.1 Å². The summed E-state index contributed by atoms with van der Waals surface area (Å²) in [6.45, 7) is 4.68. The Morgan fingerprint density at radius 2 is 2.00 bits per heavy atom. The number of aromatic nitrogens is 1. The summed E-state index contributed by atoms with van der Waals surface area (Å²) in [6, 6.07) is 4.02. The van der Waals surface area contributed by atoms with Crippen molar-refractivity contribution in [1.82, 2.24) is 20.1 Å². The second-order valence-electron chi connectivity index (χ2n) is 9.03. The molecule has 2 fully saturated rings. The van der Waals surface area contributed by atoms with Crippen molar-refractivity contribution in [2.75, 3.05) is 32.8 Å². The average Bonchev–Trinajstić information content (AvgIpc) is 2.83. The lowest BCUT2D eigenvalue weighted by atomic mass is 9.87. The molecule has 4 rings (SSSR count). The van der Waals surface area contributed by atoms with E-state index in [0.29, 0.717) is 25.4 Å². The molecule has 1 saturated carbocycles. The highest BCUT2D eigenvalue weighted by Gasteiger charge is 2.21. The van der Waals surface area contributed by atoms with Gasteiger partial charge >= 0.3 is 6.03 Å². The molecule has 2 aliphatic heterocycles. The Hall–Kier alpha value is -2.89. The normalized spacial score (nSPS) is 22.2. The average molecular weight is 450 g/mol. The highest BCUT2D eigenvalue weighted by atomic mass is 16.5. The van der Waals surface area contributed by atoms with Gasteiger partial charge in [0, 0.05) is 69.5 Å². The topological polar surface area (TPSA) is 70.1 Å². The lowest BCUT2D eigenvalue weighted by Gasteiger charge is -2.34. The molecule has 3 heterocycles. The number of urea groups is 1. The predicted octanol–water partition coefficient (Wildman–Crippen LogP) is 4.29. The number of rotatable bonds is 7. The number of aliphatic imine (C=N–C) groups is 1. The molecule has 0 bridgehead atoms. The molecule has 7 nitrogen and oxygen atoms in total. The van der Waals surface area contributed by atoms with Crippen LogP contribution in [0, 0.1) is 5.92 Å². The van der Waals surface area contributed by atoms with Crippen molar-refractivity contribution in [2.24, 2.45) is 10.9 Å². The second kappa shape index (κ2) is 12.4. The van der Waals surface area contributed by atoms with E-state index in [1.807, 2.05) is 23.2 Å². The lowest BCUT2D eigenvalue weighted by molar-refractivity contribution is 0.136. The first-order chi connectivity index (χ1) is 16.3. The van der Waals surface area contributed by atoms with Crippen LogP contribution in [0.5, 0.6) is 5.88 Å². The van der Waals surface area contributed by atoms with Gasteiger partial charge in [-0.3, -0.25) is 9.89 Å². The zero-order chi connectivity index (χ0) is 22.7. The van der Waals surface area contributed by atoms with Crippen LogP contribution in [0.1, 0.15) is 50.5 Å². The van der Waals surface area contributed by atoms with Crippen LogP contribution in [0.15, 0.2) is 53.1 Å². The first-order valence-corrected chi connectivity index (χ1v) is 12.2. The van der Waals surface area contributed by atoms with Gasteiger partial charge in [-0.1, -0.05) is 38.2 Å². The molecule has 0 atom stereocenters. The third-order valence-electron chi connectivity index (χ3n) is 6.56. The van der Waals surface area contributed by atoms with Crippen molar-refractivity contribution in [1.29, 1.82) is 0 Å². The van der Waals surface area contributed by atoms with Crippen molar-refractivity contribution in [3.05, 3.63) is 53.7 Å². The monoisotopic (exact) mass is 449 g/mol. The van der Waals surface area contributed by atoms with Crippen LogP contribution in [0.2, 0.25) is 0 Å². The fourth-order valence-corrected chi connectivity index (χ4v) is 4.57. The summed E-state index contributed by atoms with van der Waals surface area (Å²) in [5, 5.41) is 2.97. The fourth-order valence-electron chi connectivity index (χ4n) is 4.57. The van der Waals surface area contributed by atoms with Gasteiger partial charge in [-0.25, -0.2) is 9.78 Å². The molecular formula is C26H35N5O2. The van der Waals surface area contributed by atoms with Crippen molar-refractivity contribution in [3.63, 3.8) is 0 Å². The van der Waals surface area contributed by atoms with E-state index in [9.17, 15) is 4.79 Å². The number of piperazine rings is 1. The van der Waals surface area contributed by atoms with Gasteiger partial charge in [0.25, 0.3) is 0 Å². The van der Waals surface area contributed by atoms with E-state index in [0.717, 1.165) is 44.3 Å². The van der Waals surface area contributed by atoms with Crippen molar-refractivity contribution in [3.8, 4) is 5.88 Å². The molecule has 1 N–H and O–H groups in total. The van der Waals surface area contributed by atoms with Gasteiger partial charge in [-0.05, 0) is 30.1 Å². The summed E-state index contributed by atoms with van der Waals surface area (Å²) in [5.41, 5.74) is 4.96. The van der Waals surface area contributed by atoms with Crippen molar-refractivity contribution >= 4 is 12.2 Å². The maximum absolute atomic E-state index is 12.6. The number of nitrogens with zero attached hydrogens (tertiary/aromatic N) is 4. The van der Waals surface area contributed by atoms with E-state index in [2.05, 4.69) is 32.0 Å². The summed E-state index contributed by atoms with van der Waals surface area (Å²) >= 11 is 0. The number of carbonyl (C=O) groups excluding carboxylic acids is 1. The smallest absolute Gasteiger partial charge is 0.321 e. The molecule has 1 aliphatic carbocycles. The number of hydrogen-bond donors (Lipinski definition) is 1. The Balaban J connectivity index is 1.16. The van der Waals surface area contributed by atoms with E-state index in [4.69, 9.17) is 4.74 Å². The van der Waals surface area contributed by atoms with Crippen molar-refractivity contribution in [2.45, 2.75) is 51.5 Å². The SMILES string of the molecule is O=C(N/C1=C/N=C\C=C=CC1)N1CCN(Cc2ccc(OCCC3CCCCC3)nc2)CC1. The minimum absolute atomic E-state index is 0.0644. The van der Waals surface area contributed by atoms with Gasteiger partial charge < -0.3 is 15.0 Å². The van der Waals surface area contributed by atoms with Gasteiger partial charge in [0.2, 0.25) is 5.88 Å². The summed E-state index contributed by atoms with van der Waals surface area (Å²) in [4.78, 5) is 25.4. The van der Waals surface area contributed by atoms with E-state index >= 15 is 0 Å². The lowest BCUT2D eigenvalue weighted by Crippen LogP contribution is -2.51. The Morgan fingerprint density at radius 3 is 2.79 bits per heavy atom. The Bertz CT molecular complexity index is 888. The minimum Gasteiger partial charge on any atom is -0.478 e. The highest BCUT2D eigenvalue weighted by molar-refractivity contribution is 5.76. The van der Waals surface area contributed by atoms with Crippen LogP contribution in [0.3, 0.4) is 0 Å². The Labute approximate surface area is 196 Å². The molecule has 0 radical (unpaired) electrons. The summed E-state index contributed by atoms with van der Waals surface area (Å²) in [7, 11) is 0. The molecule has 0 unspecified atom stereocenters. The van der Waals surface area contributed by atoms with Gasteiger partial charge in [0.05, 0.1) is 6.61 Å². The van der Waals surface area contributed by atoms with Crippen LogP contribution in [0.25, 0.3) is 0 Å². The van der Waals surface area contributed by atoms with Crippen LogP contribution in [-0.2, 0) is 6.54 Å². The van der Waals surface area contributed by atoms with Crippen LogP contribution in [-0.4, -0.2) is 59.8 Å². The first kappa shape index (κ1) is 23.3. The highest BCUT2D eigenvalue weighted by Crippen LogP contribution is 2.26. The minimum atomic E-state index is -0.0644. The number of carbonyl (C=O) groups is 1. The van der Waals surface area contributed by atoms with E-state index in [1.165, 1.54) is 37.7 Å². The molecule has 176 valence electrons. The molecule has 33 heavy (non-hydrogen) atoms. The molecule has 2 amide bonds. The Morgan fingerprint density at radius 1 is 1.15 bits per heavy atom. The largest absolute Gasteiger partial charge is 0.478 e. The number of allylic oxidation sites excluding steroid dienone is 1. The third-order valence-corrected chi connectivity index (χ3v) is 6.56. The van der Waals surface area contributed by atoms with E-state index < -0.39 is 0 Å². The summed E-state index contributed by atoms with van der Waals surface area (Å²) in [6.07, 6.45) is 17.5. The fraction of sp³-hybridized carbons (Fsp3) is 0.538. The van der Waals surface area contributed by atoms with E-state index in [1.54, 1.807) is 18.5 Å². The quantitative estimate of drug-likeness (QED) is 0.631. The predicted molar refractivity (Wildman–Crippen MR) is 130 cm³/mol. The molecule has 1 aromatic rings. The number of pyridine rings is 1. The molecule has 1 aromatic heterocycles. The number of ether oxygens (including phenoxy) is 1.